The monoisotopic (exact) mass is 241 g/mol. The van der Waals surface area contributed by atoms with Crippen molar-refractivity contribution >= 4 is 0 Å². The van der Waals surface area contributed by atoms with Gasteiger partial charge in [0.2, 0.25) is 0 Å². The van der Waals surface area contributed by atoms with Crippen LogP contribution in [0, 0.1) is 5.82 Å². The normalized spacial score (nSPS) is 13.5. The van der Waals surface area contributed by atoms with Gasteiger partial charge in [0.1, 0.15) is 0 Å². The van der Waals surface area contributed by atoms with Crippen LogP contribution in [0.3, 0.4) is 0 Å². The number of halogens is 1. The second-order valence-corrected chi connectivity index (χ2v) is 4.89. The van der Waals surface area contributed by atoms with Crippen molar-refractivity contribution in [2.45, 2.75) is 38.8 Å². The van der Waals surface area contributed by atoms with Gasteiger partial charge < -0.3 is 15.6 Å². The molecule has 3 N–H and O–H groups in total. The first-order valence-electron chi connectivity index (χ1n) is 5.70. The maximum atomic E-state index is 13.6. The minimum atomic E-state index is -0.803. The summed E-state index contributed by atoms with van der Waals surface area (Å²) in [6.45, 7) is 5.44. The molecule has 1 aromatic carbocycles. The van der Waals surface area contributed by atoms with Crippen molar-refractivity contribution in [2.24, 2.45) is 5.73 Å². The Hall–Kier alpha value is -1.13. The first-order chi connectivity index (χ1) is 7.79. The van der Waals surface area contributed by atoms with Crippen LogP contribution in [-0.2, 0) is 0 Å². The first-order valence-corrected chi connectivity index (χ1v) is 5.70. The van der Waals surface area contributed by atoms with E-state index in [0.717, 1.165) is 5.56 Å². The molecule has 0 saturated carbocycles. The summed E-state index contributed by atoms with van der Waals surface area (Å²) < 4.78 is 18.9. The largest absolute Gasteiger partial charge is 0.490 e. The van der Waals surface area contributed by atoms with Gasteiger partial charge in [0.15, 0.2) is 11.6 Å². The average Bonchev–Trinajstić information content (AvgIpc) is 2.18. The van der Waals surface area contributed by atoms with Gasteiger partial charge in [-0.3, -0.25) is 0 Å². The quantitative estimate of drug-likeness (QED) is 0.832. The minimum absolute atomic E-state index is 0.193. The van der Waals surface area contributed by atoms with E-state index >= 15 is 0 Å². The van der Waals surface area contributed by atoms with Gasteiger partial charge in [0.05, 0.1) is 12.2 Å². The van der Waals surface area contributed by atoms with Crippen LogP contribution in [0.4, 0.5) is 4.39 Å². The molecule has 3 nitrogen and oxygen atoms in total. The van der Waals surface area contributed by atoms with Crippen molar-refractivity contribution < 1.29 is 14.2 Å². The molecule has 0 aliphatic heterocycles. The van der Waals surface area contributed by atoms with Crippen molar-refractivity contribution in [3.05, 3.63) is 29.6 Å². The molecular formula is C13H20FNO2. The molecule has 1 rings (SSSR count). The zero-order chi connectivity index (χ0) is 13.1. The number of hydrogen-bond donors (Lipinski definition) is 2. The van der Waals surface area contributed by atoms with Gasteiger partial charge in [0, 0.05) is 12.5 Å². The van der Waals surface area contributed by atoms with E-state index in [-0.39, 0.29) is 18.4 Å². The Balaban J connectivity index is 2.61. The highest BCUT2D eigenvalue weighted by molar-refractivity contribution is 5.30. The van der Waals surface area contributed by atoms with Crippen LogP contribution in [0.15, 0.2) is 18.2 Å². The fourth-order valence-electron chi connectivity index (χ4n) is 1.33. The molecule has 0 heterocycles. The summed E-state index contributed by atoms with van der Waals surface area (Å²) in [6, 6.07) is 4.49. The molecule has 0 unspecified atom stereocenters. The topological polar surface area (TPSA) is 55.5 Å². The number of nitrogens with two attached hydrogens (primary N) is 1. The Kier molecular flexibility index (Phi) is 4.48. The molecular weight excluding hydrogens is 221 g/mol. The van der Waals surface area contributed by atoms with Gasteiger partial charge in [-0.1, -0.05) is 6.07 Å². The number of aliphatic hydroxyl groups is 1. The zero-order valence-corrected chi connectivity index (χ0v) is 10.5. The average molecular weight is 241 g/mol. The summed E-state index contributed by atoms with van der Waals surface area (Å²) in [7, 11) is 0. The molecule has 17 heavy (non-hydrogen) atoms. The predicted molar refractivity (Wildman–Crippen MR) is 65.4 cm³/mol. The molecule has 0 aromatic heterocycles. The molecule has 0 aliphatic carbocycles. The Morgan fingerprint density at radius 2 is 2.12 bits per heavy atom. The molecule has 0 fully saturated rings. The molecule has 1 aromatic rings. The summed E-state index contributed by atoms with van der Waals surface area (Å²) in [6.07, 6.45) is 0.446. The lowest BCUT2D eigenvalue weighted by atomic mass is 10.1. The number of rotatable bonds is 5. The molecule has 0 spiro atoms. The van der Waals surface area contributed by atoms with Crippen LogP contribution in [0.25, 0.3) is 0 Å². The number of hydrogen-bond acceptors (Lipinski definition) is 3. The van der Waals surface area contributed by atoms with Gasteiger partial charge in [-0.2, -0.15) is 0 Å². The van der Waals surface area contributed by atoms with Crippen molar-refractivity contribution in [3.63, 3.8) is 0 Å². The number of ether oxygens (including phenoxy) is 1. The SMILES string of the molecule is C[C@@H](N)c1ccc(OCCC(C)(C)O)c(F)c1. The lowest BCUT2D eigenvalue weighted by Crippen LogP contribution is -2.22. The Morgan fingerprint density at radius 3 is 2.59 bits per heavy atom. The summed E-state index contributed by atoms with van der Waals surface area (Å²) in [4.78, 5) is 0. The van der Waals surface area contributed by atoms with Crippen molar-refractivity contribution in [1.29, 1.82) is 0 Å². The minimum Gasteiger partial charge on any atom is -0.490 e. The second kappa shape index (κ2) is 5.47. The third kappa shape index (κ3) is 4.71. The summed E-state index contributed by atoms with van der Waals surface area (Å²) in [5.74, 6) is -0.228. The third-order valence-electron chi connectivity index (χ3n) is 2.45. The Labute approximate surface area is 101 Å². The summed E-state index contributed by atoms with van der Waals surface area (Å²) >= 11 is 0. The van der Waals surface area contributed by atoms with Gasteiger partial charge >= 0.3 is 0 Å². The predicted octanol–water partition coefficient (Wildman–Crippen LogP) is 2.39. The van der Waals surface area contributed by atoms with Crippen molar-refractivity contribution in [1.82, 2.24) is 0 Å². The smallest absolute Gasteiger partial charge is 0.165 e. The van der Waals surface area contributed by atoms with E-state index in [9.17, 15) is 9.50 Å². The fourth-order valence-corrected chi connectivity index (χ4v) is 1.33. The molecule has 0 radical (unpaired) electrons. The van der Waals surface area contributed by atoms with E-state index in [2.05, 4.69) is 0 Å². The van der Waals surface area contributed by atoms with E-state index in [0.29, 0.717) is 6.42 Å². The molecule has 96 valence electrons. The standard InChI is InChI=1S/C13H20FNO2/c1-9(15)10-4-5-12(11(14)8-10)17-7-6-13(2,3)16/h4-5,8-9,16H,6-7,15H2,1-3H3/t9-/m1/s1. The number of benzene rings is 1. The summed E-state index contributed by atoms with van der Waals surface area (Å²) in [5, 5.41) is 9.49. The molecule has 0 saturated heterocycles. The van der Waals surface area contributed by atoms with Crippen LogP contribution in [-0.4, -0.2) is 17.3 Å². The van der Waals surface area contributed by atoms with Gasteiger partial charge in [-0.05, 0) is 38.5 Å². The third-order valence-corrected chi connectivity index (χ3v) is 2.45. The summed E-state index contributed by atoms with van der Waals surface area (Å²) in [5.41, 5.74) is 5.58. The highest BCUT2D eigenvalue weighted by atomic mass is 19.1. The Bertz CT molecular complexity index is 372. The van der Waals surface area contributed by atoms with Gasteiger partial charge in [0.25, 0.3) is 0 Å². The lowest BCUT2D eigenvalue weighted by molar-refractivity contribution is 0.0547. The van der Waals surface area contributed by atoms with Gasteiger partial charge in [-0.15, -0.1) is 0 Å². The Morgan fingerprint density at radius 1 is 1.47 bits per heavy atom. The second-order valence-electron chi connectivity index (χ2n) is 4.89. The lowest BCUT2D eigenvalue weighted by Gasteiger charge is -2.17. The molecule has 0 bridgehead atoms. The van der Waals surface area contributed by atoms with Crippen LogP contribution in [0.5, 0.6) is 5.75 Å². The van der Waals surface area contributed by atoms with Crippen molar-refractivity contribution in [3.8, 4) is 5.75 Å². The maximum absolute atomic E-state index is 13.6. The maximum Gasteiger partial charge on any atom is 0.165 e. The van der Waals surface area contributed by atoms with Crippen LogP contribution in [0.2, 0.25) is 0 Å². The molecule has 4 heteroatoms. The molecule has 0 aliphatic rings. The molecule has 1 atom stereocenters. The van der Waals surface area contributed by atoms with E-state index in [1.54, 1.807) is 32.9 Å². The van der Waals surface area contributed by atoms with Crippen LogP contribution in [0.1, 0.15) is 38.8 Å². The fraction of sp³-hybridized carbons (Fsp3) is 0.538. The van der Waals surface area contributed by atoms with Crippen LogP contribution < -0.4 is 10.5 Å². The highest BCUT2D eigenvalue weighted by Gasteiger charge is 2.13. The van der Waals surface area contributed by atoms with E-state index in [1.165, 1.54) is 6.07 Å². The van der Waals surface area contributed by atoms with E-state index in [4.69, 9.17) is 10.5 Å². The van der Waals surface area contributed by atoms with Crippen LogP contribution >= 0.6 is 0 Å². The van der Waals surface area contributed by atoms with Crippen molar-refractivity contribution in [2.75, 3.05) is 6.61 Å². The zero-order valence-electron chi connectivity index (χ0n) is 10.5. The molecule has 0 amide bonds. The highest BCUT2D eigenvalue weighted by Crippen LogP contribution is 2.21. The van der Waals surface area contributed by atoms with E-state index < -0.39 is 11.4 Å². The van der Waals surface area contributed by atoms with E-state index in [1.807, 2.05) is 0 Å². The first kappa shape index (κ1) is 13.9. The van der Waals surface area contributed by atoms with Gasteiger partial charge in [-0.25, -0.2) is 4.39 Å².